The maximum atomic E-state index is 2.48. The second-order valence-electron chi connectivity index (χ2n) is 18.0. The Morgan fingerprint density at radius 2 is 0.586 bits per heavy atom. The Bertz CT molecular complexity index is 4010. The molecule has 2 aromatic heterocycles. The third kappa shape index (κ3) is 6.60. The molecule has 0 aliphatic heterocycles. The number of fused-ring (bicyclic) bond motifs is 9. The molecule has 0 fully saturated rings. The normalized spacial score (nSPS) is 11.7. The number of nitrogens with zero attached hydrogens (tertiary/aromatic N) is 2. The van der Waals surface area contributed by atoms with Crippen LogP contribution in [0.25, 0.3) is 94.9 Å². The fourth-order valence-electron chi connectivity index (χ4n) is 10.8. The zero-order valence-electron chi connectivity index (χ0n) is 38.0. The summed E-state index contributed by atoms with van der Waals surface area (Å²) in [6.45, 7) is 0. The summed E-state index contributed by atoms with van der Waals surface area (Å²) < 4.78 is 5.27. The maximum absolute atomic E-state index is 2.48. The standard InChI is InChI=1S/C66H42N2S2/c1-3-19-47(20-4-1)67(49-37-33-43(34-38-49)51-27-15-29-57-53-23-11-13-31-61(53)69-65(51)57)63-55-25-9-10-26-56(55)64(60-42-46-18-8-7-17-45(46)41-59(60)63)68(48-21-5-2-6-22-48)50-39-35-44(36-40-50)52-28-16-30-58-54-24-12-14-32-62(54)70-66(52)58/h1-42H. The van der Waals surface area contributed by atoms with Crippen LogP contribution in [0.5, 0.6) is 0 Å². The van der Waals surface area contributed by atoms with Gasteiger partial charge in [0.05, 0.1) is 11.4 Å². The molecule has 0 saturated carbocycles. The van der Waals surface area contributed by atoms with E-state index in [0.29, 0.717) is 0 Å². The first-order chi connectivity index (χ1) is 34.7. The van der Waals surface area contributed by atoms with Crippen molar-refractivity contribution in [2.75, 3.05) is 9.80 Å². The minimum atomic E-state index is 1.09. The summed E-state index contributed by atoms with van der Waals surface area (Å²) in [4.78, 5) is 4.95. The van der Waals surface area contributed by atoms with Crippen molar-refractivity contribution in [1.29, 1.82) is 0 Å². The molecule has 0 saturated heterocycles. The van der Waals surface area contributed by atoms with E-state index in [-0.39, 0.29) is 0 Å². The number of hydrogen-bond donors (Lipinski definition) is 0. The summed E-state index contributed by atoms with van der Waals surface area (Å²) in [5.41, 5.74) is 11.6. The van der Waals surface area contributed by atoms with Crippen LogP contribution in [0.3, 0.4) is 0 Å². The van der Waals surface area contributed by atoms with Crippen molar-refractivity contribution in [3.63, 3.8) is 0 Å². The second kappa shape index (κ2) is 16.6. The van der Waals surface area contributed by atoms with Crippen molar-refractivity contribution < 1.29 is 0 Å². The van der Waals surface area contributed by atoms with Crippen molar-refractivity contribution in [1.82, 2.24) is 0 Å². The highest BCUT2D eigenvalue weighted by atomic mass is 32.1. The maximum Gasteiger partial charge on any atom is 0.0620 e. The SMILES string of the molecule is c1ccc(N(c2ccc(-c3cccc4c3sc3ccccc34)cc2)c2c3ccccc3c(N(c3ccccc3)c3ccc(-c4cccc5c4sc4ccccc45)cc3)c3cc4ccccc4cc23)cc1. The first-order valence-electron chi connectivity index (χ1n) is 23.8. The predicted octanol–water partition coefficient (Wildman–Crippen LogP) is 20.2. The summed E-state index contributed by atoms with van der Waals surface area (Å²) >= 11 is 3.76. The molecule has 2 heterocycles. The van der Waals surface area contributed by atoms with E-state index in [1.165, 1.54) is 84.1 Å². The summed E-state index contributed by atoms with van der Waals surface area (Å²) in [7, 11) is 0. The summed E-state index contributed by atoms with van der Waals surface area (Å²) in [6, 6.07) is 93.8. The van der Waals surface area contributed by atoms with Crippen molar-refractivity contribution in [2.45, 2.75) is 0 Å². The van der Waals surface area contributed by atoms with Crippen molar-refractivity contribution in [3.8, 4) is 22.3 Å². The Kier molecular flexibility index (Phi) is 9.61. The lowest BCUT2D eigenvalue weighted by molar-refractivity contribution is 1.29. The van der Waals surface area contributed by atoms with E-state index in [1.807, 2.05) is 22.7 Å². The molecule has 14 rings (SSSR count). The summed E-state index contributed by atoms with van der Waals surface area (Å²) in [5.74, 6) is 0. The van der Waals surface area contributed by atoms with E-state index < -0.39 is 0 Å². The molecule has 0 aliphatic rings. The lowest BCUT2D eigenvalue weighted by Crippen LogP contribution is -2.14. The molecule has 14 aromatic rings. The molecule has 328 valence electrons. The molecule has 12 aromatic carbocycles. The molecule has 0 radical (unpaired) electrons. The Morgan fingerprint density at radius 3 is 1.01 bits per heavy atom. The fourth-order valence-corrected chi connectivity index (χ4v) is 13.3. The minimum absolute atomic E-state index is 1.09. The van der Waals surface area contributed by atoms with E-state index in [4.69, 9.17) is 0 Å². The van der Waals surface area contributed by atoms with Gasteiger partial charge in [0.1, 0.15) is 0 Å². The topological polar surface area (TPSA) is 6.48 Å². The summed E-state index contributed by atoms with van der Waals surface area (Å²) in [5, 5.41) is 12.3. The molecule has 0 amide bonds. The van der Waals surface area contributed by atoms with Gasteiger partial charge in [-0.3, -0.25) is 0 Å². The number of anilines is 6. The Morgan fingerprint density at radius 1 is 0.243 bits per heavy atom. The zero-order chi connectivity index (χ0) is 46.1. The van der Waals surface area contributed by atoms with Crippen LogP contribution in [0.4, 0.5) is 34.1 Å². The van der Waals surface area contributed by atoms with E-state index in [0.717, 1.165) is 44.9 Å². The highest BCUT2D eigenvalue weighted by Crippen LogP contribution is 2.52. The molecule has 0 N–H and O–H groups in total. The second-order valence-corrected chi connectivity index (χ2v) is 20.1. The molecule has 2 nitrogen and oxygen atoms in total. The predicted molar refractivity (Wildman–Crippen MR) is 305 cm³/mol. The molecule has 0 atom stereocenters. The highest BCUT2D eigenvalue weighted by molar-refractivity contribution is 7.26. The molecule has 4 heteroatoms. The van der Waals surface area contributed by atoms with E-state index in [9.17, 15) is 0 Å². The lowest BCUT2D eigenvalue weighted by atomic mass is 9.93. The number of para-hydroxylation sites is 2. The fraction of sp³-hybridized carbons (Fsp3) is 0. The summed E-state index contributed by atoms with van der Waals surface area (Å²) in [6.07, 6.45) is 0. The Balaban J connectivity index is 0.988. The number of rotatable bonds is 8. The molecule has 0 spiro atoms. The Hall–Kier alpha value is -8.54. The molecule has 70 heavy (non-hydrogen) atoms. The van der Waals surface area contributed by atoms with Gasteiger partial charge in [0.15, 0.2) is 0 Å². The van der Waals surface area contributed by atoms with Gasteiger partial charge in [-0.1, -0.05) is 182 Å². The van der Waals surface area contributed by atoms with Gasteiger partial charge in [0.25, 0.3) is 0 Å². The van der Waals surface area contributed by atoms with Crippen molar-refractivity contribution in [3.05, 3.63) is 255 Å². The number of benzene rings is 12. The van der Waals surface area contributed by atoms with Gasteiger partial charge in [-0.2, -0.15) is 0 Å². The van der Waals surface area contributed by atoms with Gasteiger partial charge >= 0.3 is 0 Å². The van der Waals surface area contributed by atoms with Crippen LogP contribution < -0.4 is 9.80 Å². The monoisotopic (exact) mass is 926 g/mol. The van der Waals surface area contributed by atoms with Crippen LogP contribution in [-0.2, 0) is 0 Å². The molecule has 0 bridgehead atoms. The van der Waals surface area contributed by atoms with Gasteiger partial charge in [-0.15, -0.1) is 22.7 Å². The van der Waals surface area contributed by atoms with Crippen LogP contribution >= 0.6 is 22.7 Å². The smallest absolute Gasteiger partial charge is 0.0620 e. The van der Waals surface area contributed by atoms with Gasteiger partial charge < -0.3 is 9.80 Å². The van der Waals surface area contributed by atoms with Gasteiger partial charge in [0.2, 0.25) is 0 Å². The molecular weight excluding hydrogens is 885 g/mol. The average molecular weight is 927 g/mol. The molecular formula is C66H42N2S2. The first-order valence-corrected chi connectivity index (χ1v) is 25.5. The quantitative estimate of drug-likeness (QED) is 0.111. The lowest BCUT2D eigenvalue weighted by Gasteiger charge is -2.33. The van der Waals surface area contributed by atoms with Gasteiger partial charge in [-0.05, 0) is 106 Å². The number of thiophene rings is 2. The van der Waals surface area contributed by atoms with Crippen molar-refractivity contribution in [2.24, 2.45) is 0 Å². The molecule has 0 unspecified atom stereocenters. The van der Waals surface area contributed by atoms with Crippen LogP contribution in [0.1, 0.15) is 0 Å². The van der Waals surface area contributed by atoms with E-state index in [2.05, 4.69) is 265 Å². The van der Waals surface area contributed by atoms with Gasteiger partial charge in [0, 0.05) is 84.6 Å². The number of hydrogen-bond acceptors (Lipinski definition) is 4. The third-order valence-corrected chi connectivity index (χ3v) is 16.4. The van der Waals surface area contributed by atoms with Gasteiger partial charge in [-0.25, -0.2) is 0 Å². The van der Waals surface area contributed by atoms with E-state index >= 15 is 0 Å². The molecule has 0 aliphatic carbocycles. The van der Waals surface area contributed by atoms with E-state index in [1.54, 1.807) is 0 Å². The zero-order valence-corrected chi connectivity index (χ0v) is 39.6. The third-order valence-electron chi connectivity index (χ3n) is 14.0. The highest BCUT2D eigenvalue weighted by Gasteiger charge is 2.26. The largest absolute Gasteiger partial charge is 0.309 e. The van der Waals surface area contributed by atoms with Crippen LogP contribution in [-0.4, -0.2) is 0 Å². The van der Waals surface area contributed by atoms with Crippen LogP contribution in [0, 0.1) is 0 Å². The minimum Gasteiger partial charge on any atom is -0.309 e. The van der Waals surface area contributed by atoms with Crippen molar-refractivity contribution >= 4 is 129 Å². The van der Waals surface area contributed by atoms with Crippen LogP contribution in [0.2, 0.25) is 0 Å². The first kappa shape index (κ1) is 40.5. The average Bonchev–Trinajstić information content (AvgIpc) is 4.01. The van der Waals surface area contributed by atoms with Crippen LogP contribution in [0.15, 0.2) is 255 Å². The Labute approximate surface area is 413 Å².